The molecule has 94 valence electrons. The maximum Gasteiger partial charge on any atom is 0.290 e. The minimum Gasteiger partial charge on any atom is -0.444 e. The van der Waals surface area contributed by atoms with E-state index in [1.54, 1.807) is 24.1 Å². The summed E-state index contributed by atoms with van der Waals surface area (Å²) >= 11 is 3.16. The summed E-state index contributed by atoms with van der Waals surface area (Å²) in [5, 5.41) is 9.26. The van der Waals surface area contributed by atoms with Crippen LogP contribution in [0.15, 0.2) is 21.2 Å². The van der Waals surface area contributed by atoms with E-state index < -0.39 is 0 Å². The van der Waals surface area contributed by atoms with Gasteiger partial charge in [-0.1, -0.05) is 0 Å². The Bertz CT molecular complexity index is 406. The Labute approximate surface area is 107 Å². The molecule has 2 rings (SSSR count). The first-order chi connectivity index (χ1) is 8.15. The van der Waals surface area contributed by atoms with Gasteiger partial charge >= 0.3 is 0 Å². The topological polar surface area (TPSA) is 62.9 Å². The molecule has 1 aliphatic heterocycles. The molecule has 2 atom stereocenters. The average Bonchev–Trinajstić information content (AvgIpc) is 2.93. The third-order valence-corrected chi connectivity index (χ3v) is 3.39. The molecule has 0 spiro atoms. The van der Waals surface area contributed by atoms with E-state index in [-0.39, 0.29) is 30.4 Å². The van der Waals surface area contributed by atoms with E-state index >= 15 is 0 Å². The molecule has 1 N–H and O–H groups in total. The predicted octanol–water partition coefficient (Wildman–Crippen LogP) is 1.26. The summed E-state index contributed by atoms with van der Waals surface area (Å²) in [6, 6.07) is 3.09. The Balaban J connectivity index is 2.13. The van der Waals surface area contributed by atoms with Crippen molar-refractivity contribution in [2.75, 3.05) is 20.3 Å². The number of hydrogen-bond acceptors (Lipinski definition) is 4. The zero-order chi connectivity index (χ0) is 12.4. The highest BCUT2D eigenvalue weighted by Crippen LogP contribution is 2.23. The van der Waals surface area contributed by atoms with Crippen molar-refractivity contribution in [3.8, 4) is 0 Å². The molecule has 0 saturated carbocycles. The number of amides is 1. The first-order valence-electron chi connectivity index (χ1n) is 5.35. The number of carbonyl (C=O) groups excluding carboxylic acids is 1. The van der Waals surface area contributed by atoms with Crippen LogP contribution >= 0.6 is 15.9 Å². The van der Waals surface area contributed by atoms with Gasteiger partial charge < -0.3 is 19.2 Å². The maximum absolute atomic E-state index is 12.1. The minimum absolute atomic E-state index is 0.0190. The molecule has 1 aliphatic rings. The van der Waals surface area contributed by atoms with Gasteiger partial charge in [-0.15, -0.1) is 0 Å². The monoisotopic (exact) mass is 303 g/mol. The average molecular weight is 304 g/mol. The molecule has 1 fully saturated rings. The van der Waals surface area contributed by atoms with Crippen LogP contribution in [0.1, 0.15) is 17.0 Å². The van der Waals surface area contributed by atoms with Crippen molar-refractivity contribution < 1.29 is 19.1 Å². The Morgan fingerprint density at radius 2 is 2.47 bits per heavy atom. The number of methoxy groups -OCH3 is 1. The SMILES string of the molecule is CO[C@@H]1C[C@@H](CO)N(C(=O)c2ccc(Br)o2)C1. The van der Waals surface area contributed by atoms with E-state index in [1.165, 1.54) is 0 Å². The zero-order valence-corrected chi connectivity index (χ0v) is 11.0. The second-order valence-electron chi connectivity index (χ2n) is 3.99. The summed E-state index contributed by atoms with van der Waals surface area (Å²) in [6.07, 6.45) is 0.634. The number of furan rings is 1. The molecular formula is C11H14BrNO4. The van der Waals surface area contributed by atoms with Gasteiger partial charge in [0, 0.05) is 13.7 Å². The number of aliphatic hydroxyl groups is 1. The number of aliphatic hydroxyl groups excluding tert-OH is 1. The standard InChI is InChI=1S/C11H14BrNO4/c1-16-8-4-7(6-14)13(5-8)11(15)9-2-3-10(12)17-9/h2-3,7-8,14H,4-6H2,1H3/t7-,8+/m0/s1. The highest BCUT2D eigenvalue weighted by Gasteiger charge is 2.36. The van der Waals surface area contributed by atoms with Crippen LogP contribution in [0.4, 0.5) is 0 Å². The first-order valence-corrected chi connectivity index (χ1v) is 6.15. The van der Waals surface area contributed by atoms with Crippen LogP contribution in [0.5, 0.6) is 0 Å². The van der Waals surface area contributed by atoms with Crippen molar-refractivity contribution in [1.29, 1.82) is 0 Å². The third kappa shape index (κ3) is 2.53. The predicted molar refractivity (Wildman–Crippen MR) is 63.7 cm³/mol. The number of hydrogen-bond donors (Lipinski definition) is 1. The molecule has 0 aliphatic carbocycles. The summed E-state index contributed by atoms with van der Waals surface area (Å²) in [7, 11) is 1.61. The molecule has 17 heavy (non-hydrogen) atoms. The quantitative estimate of drug-likeness (QED) is 0.913. The Morgan fingerprint density at radius 1 is 1.71 bits per heavy atom. The molecule has 0 radical (unpaired) electrons. The van der Waals surface area contributed by atoms with Crippen molar-refractivity contribution in [2.24, 2.45) is 0 Å². The lowest BCUT2D eigenvalue weighted by Crippen LogP contribution is -2.37. The Hall–Kier alpha value is -0.850. The lowest BCUT2D eigenvalue weighted by molar-refractivity contribution is 0.0616. The maximum atomic E-state index is 12.1. The normalized spacial score (nSPS) is 24.3. The molecule has 6 heteroatoms. The lowest BCUT2D eigenvalue weighted by Gasteiger charge is -2.21. The van der Waals surface area contributed by atoms with Crippen molar-refractivity contribution in [3.05, 3.63) is 22.6 Å². The molecule has 0 aromatic carbocycles. The molecule has 1 aromatic heterocycles. The number of likely N-dealkylation sites (tertiary alicyclic amines) is 1. The van der Waals surface area contributed by atoms with Gasteiger partial charge in [-0.2, -0.15) is 0 Å². The van der Waals surface area contributed by atoms with Gasteiger partial charge in [0.05, 0.1) is 18.8 Å². The summed E-state index contributed by atoms with van der Waals surface area (Å²) in [6.45, 7) is 0.423. The molecule has 0 bridgehead atoms. The van der Waals surface area contributed by atoms with Crippen molar-refractivity contribution >= 4 is 21.8 Å². The minimum atomic E-state index is -0.214. The van der Waals surface area contributed by atoms with E-state index in [1.807, 2.05) is 0 Å². The van der Waals surface area contributed by atoms with Crippen LogP contribution in [-0.2, 0) is 4.74 Å². The molecule has 1 amide bonds. The fourth-order valence-corrected chi connectivity index (χ4v) is 2.34. The van der Waals surface area contributed by atoms with E-state index in [9.17, 15) is 9.90 Å². The van der Waals surface area contributed by atoms with Gasteiger partial charge in [0.25, 0.3) is 5.91 Å². The lowest BCUT2D eigenvalue weighted by atomic mass is 10.2. The van der Waals surface area contributed by atoms with Crippen LogP contribution in [0, 0.1) is 0 Å². The largest absolute Gasteiger partial charge is 0.444 e. The van der Waals surface area contributed by atoms with Crippen LogP contribution in [0.25, 0.3) is 0 Å². The number of carbonyl (C=O) groups is 1. The smallest absolute Gasteiger partial charge is 0.290 e. The fourth-order valence-electron chi connectivity index (χ4n) is 2.04. The van der Waals surface area contributed by atoms with E-state index in [4.69, 9.17) is 9.15 Å². The van der Waals surface area contributed by atoms with E-state index in [0.29, 0.717) is 17.6 Å². The van der Waals surface area contributed by atoms with Gasteiger partial charge in [-0.3, -0.25) is 4.79 Å². The number of rotatable bonds is 3. The van der Waals surface area contributed by atoms with Crippen LogP contribution < -0.4 is 0 Å². The molecule has 2 heterocycles. The Kier molecular flexibility index (Phi) is 3.86. The van der Waals surface area contributed by atoms with Gasteiger partial charge in [0.2, 0.25) is 0 Å². The van der Waals surface area contributed by atoms with Crippen LogP contribution in [0.3, 0.4) is 0 Å². The van der Waals surface area contributed by atoms with Crippen LogP contribution in [0.2, 0.25) is 0 Å². The van der Waals surface area contributed by atoms with Gasteiger partial charge in [0.1, 0.15) is 0 Å². The van der Waals surface area contributed by atoms with Gasteiger partial charge in [-0.25, -0.2) is 0 Å². The summed E-state index contributed by atoms with van der Waals surface area (Å²) < 4.78 is 11.0. The molecule has 0 unspecified atom stereocenters. The van der Waals surface area contributed by atoms with E-state index in [2.05, 4.69) is 15.9 Å². The van der Waals surface area contributed by atoms with Gasteiger partial charge in [-0.05, 0) is 34.5 Å². The van der Waals surface area contributed by atoms with Gasteiger partial charge in [0.15, 0.2) is 10.4 Å². The molecule has 5 nitrogen and oxygen atoms in total. The van der Waals surface area contributed by atoms with E-state index in [0.717, 1.165) is 0 Å². The summed E-state index contributed by atoms with van der Waals surface area (Å²) in [5.74, 6) is 0.0568. The highest BCUT2D eigenvalue weighted by atomic mass is 79.9. The summed E-state index contributed by atoms with van der Waals surface area (Å²) in [4.78, 5) is 13.7. The molecule has 1 aromatic rings. The first kappa shape index (κ1) is 12.6. The number of nitrogens with zero attached hydrogens (tertiary/aromatic N) is 1. The van der Waals surface area contributed by atoms with Crippen molar-refractivity contribution in [1.82, 2.24) is 4.90 Å². The molecule has 1 saturated heterocycles. The van der Waals surface area contributed by atoms with Crippen molar-refractivity contribution in [2.45, 2.75) is 18.6 Å². The number of ether oxygens (including phenoxy) is 1. The number of halogens is 1. The fraction of sp³-hybridized carbons (Fsp3) is 0.545. The second-order valence-corrected chi connectivity index (χ2v) is 4.77. The molecular weight excluding hydrogens is 290 g/mol. The van der Waals surface area contributed by atoms with Crippen molar-refractivity contribution in [3.63, 3.8) is 0 Å². The highest BCUT2D eigenvalue weighted by molar-refractivity contribution is 9.10. The van der Waals surface area contributed by atoms with Crippen LogP contribution in [-0.4, -0.2) is 48.3 Å². The second kappa shape index (κ2) is 5.20. The zero-order valence-electron chi connectivity index (χ0n) is 9.43. The Morgan fingerprint density at radius 3 is 3.00 bits per heavy atom. The third-order valence-electron chi connectivity index (χ3n) is 2.97. The summed E-state index contributed by atoms with van der Waals surface area (Å²) in [5.41, 5.74) is 0.